The third kappa shape index (κ3) is 3.59. The number of carbonyl (C=O) groups excluding carboxylic acids is 1. The molecule has 0 radical (unpaired) electrons. The van der Waals surface area contributed by atoms with Gasteiger partial charge in [-0.05, 0) is 37.6 Å². The highest BCUT2D eigenvalue weighted by Gasteiger charge is 2.36. The molecule has 122 valence electrons. The first-order valence-corrected chi connectivity index (χ1v) is 7.87. The number of hydrogen-bond acceptors (Lipinski definition) is 3. The van der Waals surface area contributed by atoms with Crippen LogP contribution in [0.1, 0.15) is 31.9 Å². The molecule has 1 aromatic carbocycles. The van der Waals surface area contributed by atoms with Crippen LogP contribution in [0.25, 0.3) is 0 Å². The SMILES string of the molecule is CCN1CC[C@H](NC(=O)[C@@H](C)OC)[C@@H]1c1ccc(Cl)c(F)c1. The van der Waals surface area contributed by atoms with E-state index in [0.717, 1.165) is 25.1 Å². The van der Waals surface area contributed by atoms with E-state index in [1.807, 2.05) is 6.07 Å². The van der Waals surface area contributed by atoms with Crippen molar-refractivity contribution in [3.05, 3.63) is 34.6 Å². The quantitative estimate of drug-likeness (QED) is 0.903. The van der Waals surface area contributed by atoms with Gasteiger partial charge in [0.1, 0.15) is 11.9 Å². The fraction of sp³-hybridized carbons (Fsp3) is 0.562. The minimum Gasteiger partial charge on any atom is -0.372 e. The largest absolute Gasteiger partial charge is 0.372 e. The van der Waals surface area contributed by atoms with E-state index in [1.165, 1.54) is 13.2 Å². The van der Waals surface area contributed by atoms with Crippen LogP contribution in [0.4, 0.5) is 4.39 Å². The number of benzene rings is 1. The van der Waals surface area contributed by atoms with E-state index in [9.17, 15) is 9.18 Å². The summed E-state index contributed by atoms with van der Waals surface area (Å²) in [5.74, 6) is -0.581. The summed E-state index contributed by atoms with van der Waals surface area (Å²) in [5, 5.41) is 3.13. The Morgan fingerprint density at radius 1 is 1.59 bits per heavy atom. The Balaban J connectivity index is 2.22. The summed E-state index contributed by atoms with van der Waals surface area (Å²) >= 11 is 5.76. The molecule has 0 saturated carbocycles. The average molecular weight is 329 g/mol. The van der Waals surface area contributed by atoms with Gasteiger partial charge in [-0.15, -0.1) is 0 Å². The van der Waals surface area contributed by atoms with E-state index in [2.05, 4.69) is 17.1 Å². The molecule has 1 heterocycles. The van der Waals surface area contributed by atoms with Crippen molar-refractivity contribution in [2.24, 2.45) is 0 Å². The molecule has 1 N–H and O–H groups in total. The molecule has 1 aromatic rings. The van der Waals surface area contributed by atoms with E-state index in [1.54, 1.807) is 13.0 Å². The van der Waals surface area contributed by atoms with E-state index >= 15 is 0 Å². The lowest BCUT2D eigenvalue weighted by atomic mass is 9.99. The third-order valence-corrected chi connectivity index (χ3v) is 4.55. The summed E-state index contributed by atoms with van der Waals surface area (Å²) in [6.45, 7) is 5.46. The summed E-state index contributed by atoms with van der Waals surface area (Å²) in [6, 6.07) is 4.73. The van der Waals surface area contributed by atoms with Crippen molar-refractivity contribution < 1.29 is 13.9 Å². The fourth-order valence-corrected chi connectivity index (χ4v) is 3.03. The first-order valence-electron chi connectivity index (χ1n) is 7.50. The molecule has 1 saturated heterocycles. The second-order valence-electron chi connectivity index (χ2n) is 5.53. The first kappa shape index (κ1) is 17.2. The number of nitrogens with one attached hydrogen (secondary N) is 1. The van der Waals surface area contributed by atoms with Gasteiger partial charge in [-0.1, -0.05) is 24.6 Å². The number of nitrogens with zero attached hydrogens (tertiary/aromatic N) is 1. The summed E-state index contributed by atoms with van der Waals surface area (Å²) in [5.41, 5.74) is 0.830. The maximum absolute atomic E-state index is 13.8. The Kier molecular flexibility index (Phi) is 5.78. The van der Waals surface area contributed by atoms with E-state index in [0.29, 0.717) is 0 Å². The van der Waals surface area contributed by atoms with Gasteiger partial charge in [-0.25, -0.2) is 4.39 Å². The molecule has 4 nitrogen and oxygen atoms in total. The van der Waals surface area contributed by atoms with Crippen LogP contribution < -0.4 is 5.32 Å². The highest BCUT2D eigenvalue weighted by atomic mass is 35.5. The van der Waals surface area contributed by atoms with Gasteiger partial charge in [0.05, 0.1) is 11.1 Å². The van der Waals surface area contributed by atoms with E-state index in [-0.39, 0.29) is 23.0 Å². The Morgan fingerprint density at radius 3 is 2.91 bits per heavy atom. The predicted molar refractivity (Wildman–Crippen MR) is 84.4 cm³/mol. The minimum atomic E-state index is -0.502. The lowest BCUT2D eigenvalue weighted by molar-refractivity contribution is -0.131. The van der Waals surface area contributed by atoms with E-state index < -0.39 is 11.9 Å². The number of methoxy groups -OCH3 is 1. The van der Waals surface area contributed by atoms with Crippen molar-refractivity contribution in [3.63, 3.8) is 0 Å². The zero-order chi connectivity index (χ0) is 16.3. The minimum absolute atomic E-state index is 0.0511. The third-order valence-electron chi connectivity index (χ3n) is 4.24. The lowest BCUT2D eigenvalue weighted by Crippen LogP contribution is -2.44. The maximum Gasteiger partial charge on any atom is 0.249 e. The van der Waals surface area contributed by atoms with E-state index in [4.69, 9.17) is 16.3 Å². The van der Waals surface area contributed by atoms with Crippen molar-refractivity contribution in [2.45, 2.75) is 38.5 Å². The fourth-order valence-electron chi connectivity index (χ4n) is 2.91. The second kappa shape index (κ2) is 7.40. The van der Waals surface area contributed by atoms with Gasteiger partial charge < -0.3 is 10.1 Å². The number of rotatable bonds is 5. The maximum atomic E-state index is 13.8. The molecule has 1 aliphatic rings. The highest BCUT2D eigenvalue weighted by molar-refractivity contribution is 6.30. The van der Waals surface area contributed by atoms with Gasteiger partial charge in [0.25, 0.3) is 0 Å². The van der Waals surface area contributed by atoms with Gasteiger partial charge in [-0.3, -0.25) is 9.69 Å². The molecule has 6 heteroatoms. The van der Waals surface area contributed by atoms with Crippen molar-refractivity contribution in [2.75, 3.05) is 20.2 Å². The van der Waals surface area contributed by atoms with Gasteiger partial charge in [0.15, 0.2) is 0 Å². The zero-order valence-electron chi connectivity index (χ0n) is 13.1. The molecule has 2 rings (SSSR count). The summed E-state index contributed by atoms with van der Waals surface area (Å²) in [6.07, 6.45) is 0.323. The van der Waals surface area contributed by atoms with Crippen LogP contribution >= 0.6 is 11.6 Å². The summed E-state index contributed by atoms with van der Waals surface area (Å²) < 4.78 is 18.8. The molecule has 0 aliphatic carbocycles. The summed E-state index contributed by atoms with van der Waals surface area (Å²) in [7, 11) is 1.50. The second-order valence-corrected chi connectivity index (χ2v) is 5.94. The van der Waals surface area contributed by atoms with Crippen LogP contribution in [0.5, 0.6) is 0 Å². The number of likely N-dealkylation sites (N-methyl/N-ethyl adjacent to an activating group) is 1. The molecule has 22 heavy (non-hydrogen) atoms. The lowest BCUT2D eigenvalue weighted by Gasteiger charge is -2.29. The van der Waals surface area contributed by atoms with Gasteiger partial charge in [-0.2, -0.15) is 0 Å². The monoisotopic (exact) mass is 328 g/mol. The van der Waals surface area contributed by atoms with Gasteiger partial charge in [0, 0.05) is 19.7 Å². The molecule has 0 spiro atoms. The predicted octanol–water partition coefficient (Wildman–Crippen LogP) is 2.77. The van der Waals surface area contributed by atoms with Gasteiger partial charge >= 0.3 is 0 Å². The zero-order valence-corrected chi connectivity index (χ0v) is 13.9. The molecule has 0 bridgehead atoms. The van der Waals surface area contributed by atoms with Crippen LogP contribution in [0.2, 0.25) is 5.02 Å². The van der Waals surface area contributed by atoms with Crippen LogP contribution in [-0.2, 0) is 9.53 Å². The Morgan fingerprint density at radius 2 is 2.32 bits per heavy atom. The number of amides is 1. The van der Waals surface area contributed by atoms with Crippen LogP contribution in [0.15, 0.2) is 18.2 Å². The molecular weight excluding hydrogens is 307 g/mol. The number of carbonyl (C=O) groups is 1. The standard InChI is InChI=1S/C16H22ClFN2O2/c1-4-20-8-7-14(19-16(21)10(2)22-3)15(20)11-5-6-12(17)13(18)9-11/h5-6,9-10,14-15H,4,7-8H2,1-3H3,(H,19,21)/t10-,14+,15+/m1/s1. The smallest absolute Gasteiger partial charge is 0.249 e. The number of likely N-dealkylation sites (tertiary alicyclic amines) is 1. The molecule has 1 fully saturated rings. The molecule has 0 aromatic heterocycles. The Labute approximate surface area is 135 Å². The number of ether oxygens (including phenoxy) is 1. The number of halogens is 2. The molecule has 1 aliphatic heterocycles. The topological polar surface area (TPSA) is 41.6 Å². The molecule has 0 unspecified atom stereocenters. The number of hydrogen-bond donors (Lipinski definition) is 1. The Bertz CT molecular complexity index is 541. The molecular formula is C16H22ClFN2O2. The normalized spacial score (nSPS) is 23.5. The average Bonchev–Trinajstić information content (AvgIpc) is 2.91. The van der Waals surface area contributed by atoms with Crippen molar-refractivity contribution in [1.82, 2.24) is 10.2 Å². The van der Waals surface area contributed by atoms with Crippen molar-refractivity contribution >= 4 is 17.5 Å². The molecule has 1 amide bonds. The van der Waals surface area contributed by atoms with Crippen LogP contribution in [-0.4, -0.2) is 43.2 Å². The summed E-state index contributed by atoms with van der Waals surface area (Å²) in [4.78, 5) is 14.3. The highest BCUT2D eigenvalue weighted by Crippen LogP contribution is 2.33. The van der Waals surface area contributed by atoms with Crippen LogP contribution in [0, 0.1) is 5.82 Å². The van der Waals surface area contributed by atoms with Crippen molar-refractivity contribution in [3.8, 4) is 0 Å². The van der Waals surface area contributed by atoms with Crippen molar-refractivity contribution in [1.29, 1.82) is 0 Å². The molecule has 3 atom stereocenters. The van der Waals surface area contributed by atoms with Gasteiger partial charge in [0.2, 0.25) is 5.91 Å². The van der Waals surface area contributed by atoms with Crippen LogP contribution in [0.3, 0.4) is 0 Å². The Hall–Kier alpha value is -1.17. The first-order chi connectivity index (χ1) is 10.5.